The second kappa shape index (κ2) is 6.13. The lowest BCUT2D eigenvalue weighted by Gasteiger charge is -2.10. The van der Waals surface area contributed by atoms with Gasteiger partial charge in [0.1, 0.15) is 5.69 Å². The summed E-state index contributed by atoms with van der Waals surface area (Å²) in [6, 6.07) is 5.44. The maximum atomic E-state index is 12.6. The van der Waals surface area contributed by atoms with E-state index in [4.69, 9.17) is 0 Å². The van der Waals surface area contributed by atoms with E-state index in [1.807, 2.05) is 25.3 Å². The standard InChI is InChI=1S/C15H17NO3S/c1-3-4-6-9-13(15(18)19)16-10-7-5-8-11(20-2)12(10)14(9)17/h5,7-8H,3-4,6H2,1-2H3,(H,16,17)(H,18,19). The fourth-order valence-electron chi connectivity index (χ4n) is 2.29. The highest BCUT2D eigenvalue weighted by atomic mass is 32.2. The van der Waals surface area contributed by atoms with Crippen LogP contribution in [0.5, 0.6) is 0 Å². The van der Waals surface area contributed by atoms with Crippen LogP contribution in [0.1, 0.15) is 35.8 Å². The molecule has 1 aromatic heterocycles. The average Bonchev–Trinajstić information content (AvgIpc) is 2.45. The third kappa shape index (κ3) is 2.58. The zero-order chi connectivity index (χ0) is 14.7. The van der Waals surface area contributed by atoms with E-state index >= 15 is 0 Å². The Morgan fingerprint density at radius 3 is 2.75 bits per heavy atom. The van der Waals surface area contributed by atoms with Gasteiger partial charge in [-0.2, -0.15) is 0 Å². The SMILES string of the molecule is CCCCc1c(C(=O)O)[nH]c2cccc(SC)c2c1=O. The molecule has 0 saturated heterocycles. The van der Waals surface area contributed by atoms with E-state index in [-0.39, 0.29) is 11.1 Å². The number of nitrogens with one attached hydrogen (secondary N) is 1. The summed E-state index contributed by atoms with van der Waals surface area (Å²) in [5, 5.41) is 9.89. The smallest absolute Gasteiger partial charge is 0.352 e. The number of rotatable bonds is 5. The summed E-state index contributed by atoms with van der Waals surface area (Å²) in [5.74, 6) is -1.08. The van der Waals surface area contributed by atoms with Crippen molar-refractivity contribution in [2.24, 2.45) is 0 Å². The van der Waals surface area contributed by atoms with Gasteiger partial charge in [0, 0.05) is 10.5 Å². The predicted molar refractivity (Wildman–Crippen MR) is 81.9 cm³/mol. The zero-order valence-electron chi connectivity index (χ0n) is 11.5. The molecule has 2 rings (SSSR count). The Labute approximate surface area is 121 Å². The number of carbonyl (C=O) groups is 1. The number of H-pyrrole nitrogens is 1. The fourth-order valence-corrected chi connectivity index (χ4v) is 2.91. The van der Waals surface area contributed by atoms with Crippen molar-refractivity contribution >= 4 is 28.6 Å². The van der Waals surface area contributed by atoms with Crippen LogP contribution in [0.2, 0.25) is 0 Å². The molecule has 0 radical (unpaired) electrons. The number of benzene rings is 1. The van der Waals surface area contributed by atoms with Crippen LogP contribution in [-0.4, -0.2) is 22.3 Å². The number of carboxylic acid groups (broad SMARTS) is 1. The van der Waals surface area contributed by atoms with Crippen LogP contribution in [0.15, 0.2) is 27.9 Å². The summed E-state index contributed by atoms with van der Waals surface area (Å²) in [7, 11) is 0. The lowest BCUT2D eigenvalue weighted by atomic mass is 10.0. The van der Waals surface area contributed by atoms with Gasteiger partial charge in [-0.05, 0) is 31.2 Å². The van der Waals surface area contributed by atoms with Gasteiger partial charge in [0.05, 0.1) is 10.9 Å². The number of aromatic amines is 1. The molecule has 0 spiro atoms. The molecule has 0 aliphatic rings. The Morgan fingerprint density at radius 1 is 1.40 bits per heavy atom. The summed E-state index contributed by atoms with van der Waals surface area (Å²) in [5.41, 5.74) is 0.830. The molecule has 0 amide bonds. The van der Waals surface area contributed by atoms with Gasteiger partial charge in [-0.15, -0.1) is 11.8 Å². The molecular weight excluding hydrogens is 274 g/mol. The summed E-state index contributed by atoms with van der Waals surface area (Å²) in [6.07, 6.45) is 4.12. The molecule has 0 aliphatic heterocycles. The summed E-state index contributed by atoms with van der Waals surface area (Å²) in [6.45, 7) is 2.02. The molecule has 0 bridgehead atoms. The summed E-state index contributed by atoms with van der Waals surface area (Å²) in [4.78, 5) is 27.8. The second-order valence-corrected chi connectivity index (χ2v) is 5.45. The van der Waals surface area contributed by atoms with Crippen molar-refractivity contribution in [1.82, 2.24) is 4.98 Å². The molecule has 5 heteroatoms. The Bertz CT molecular complexity index is 706. The Morgan fingerprint density at radius 2 is 2.15 bits per heavy atom. The molecule has 0 atom stereocenters. The predicted octanol–water partition coefficient (Wildman–Crippen LogP) is 3.29. The number of unbranched alkanes of at least 4 members (excludes halogenated alkanes) is 1. The van der Waals surface area contributed by atoms with Crippen LogP contribution in [-0.2, 0) is 6.42 Å². The van der Waals surface area contributed by atoms with Crippen molar-refractivity contribution in [2.75, 3.05) is 6.26 Å². The minimum Gasteiger partial charge on any atom is -0.477 e. The van der Waals surface area contributed by atoms with Gasteiger partial charge in [0.25, 0.3) is 0 Å². The highest BCUT2D eigenvalue weighted by molar-refractivity contribution is 7.98. The number of fused-ring (bicyclic) bond motifs is 1. The topological polar surface area (TPSA) is 70.2 Å². The minimum atomic E-state index is -1.08. The Balaban J connectivity index is 2.79. The number of carboxylic acids is 1. The van der Waals surface area contributed by atoms with E-state index < -0.39 is 5.97 Å². The van der Waals surface area contributed by atoms with Crippen LogP contribution in [0, 0.1) is 0 Å². The molecule has 0 aliphatic carbocycles. The third-order valence-electron chi connectivity index (χ3n) is 3.30. The van der Waals surface area contributed by atoms with Gasteiger partial charge >= 0.3 is 5.97 Å². The fraction of sp³-hybridized carbons (Fsp3) is 0.333. The molecule has 1 heterocycles. The molecule has 106 valence electrons. The highest BCUT2D eigenvalue weighted by Gasteiger charge is 2.18. The van der Waals surface area contributed by atoms with Crippen LogP contribution < -0.4 is 5.43 Å². The molecule has 0 unspecified atom stereocenters. The molecule has 4 nitrogen and oxygen atoms in total. The first-order valence-corrected chi connectivity index (χ1v) is 7.77. The van der Waals surface area contributed by atoms with Crippen molar-refractivity contribution in [1.29, 1.82) is 0 Å². The third-order valence-corrected chi connectivity index (χ3v) is 4.08. The van der Waals surface area contributed by atoms with Gasteiger partial charge in [0.2, 0.25) is 0 Å². The van der Waals surface area contributed by atoms with E-state index in [0.717, 1.165) is 17.7 Å². The summed E-state index contributed by atoms with van der Waals surface area (Å²) >= 11 is 1.49. The largest absolute Gasteiger partial charge is 0.477 e. The quantitative estimate of drug-likeness (QED) is 0.829. The zero-order valence-corrected chi connectivity index (χ0v) is 12.3. The molecule has 2 aromatic rings. The molecular formula is C15H17NO3S. The van der Waals surface area contributed by atoms with Gasteiger partial charge in [-0.3, -0.25) is 4.79 Å². The average molecular weight is 291 g/mol. The molecule has 1 aromatic carbocycles. The Hall–Kier alpha value is -1.75. The van der Waals surface area contributed by atoms with Crippen molar-refractivity contribution < 1.29 is 9.90 Å². The van der Waals surface area contributed by atoms with Crippen LogP contribution in [0.3, 0.4) is 0 Å². The van der Waals surface area contributed by atoms with E-state index in [1.54, 1.807) is 6.07 Å². The van der Waals surface area contributed by atoms with Crippen molar-refractivity contribution in [3.05, 3.63) is 39.7 Å². The van der Waals surface area contributed by atoms with Crippen LogP contribution in [0.25, 0.3) is 10.9 Å². The van der Waals surface area contributed by atoms with Crippen molar-refractivity contribution in [2.45, 2.75) is 31.1 Å². The van der Waals surface area contributed by atoms with Gasteiger partial charge in [-0.1, -0.05) is 19.4 Å². The Kier molecular flexibility index (Phi) is 4.49. The maximum absolute atomic E-state index is 12.6. The lowest BCUT2D eigenvalue weighted by Crippen LogP contribution is -2.19. The maximum Gasteiger partial charge on any atom is 0.352 e. The number of hydrogen-bond acceptors (Lipinski definition) is 3. The van der Waals surface area contributed by atoms with Crippen LogP contribution >= 0.6 is 11.8 Å². The molecule has 20 heavy (non-hydrogen) atoms. The normalized spacial score (nSPS) is 10.9. The van der Waals surface area contributed by atoms with Crippen molar-refractivity contribution in [3.8, 4) is 0 Å². The monoisotopic (exact) mass is 291 g/mol. The van der Waals surface area contributed by atoms with E-state index in [2.05, 4.69) is 4.98 Å². The molecule has 0 saturated carbocycles. The lowest BCUT2D eigenvalue weighted by molar-refractivity contribution is 0.0689. The van der Waals surface area contributed by atoms with Crippen LogP contribution in [0.4, 0.5) is 0 Å². The first kappa shape index (κ1) is 14.7. The van der Waals surface area contributed by atoms with E-state index in [1.165, 1.54) is 11.8 Å². The minimum absolute atomic E-state index is 0.0224. The van der Waals surface area contributed by atoms with E-state index in [0.29, 0.717) is 22.9 Å². The number of thioether (sulfide) groups is 1. The first-order valence-electron chi connectivity index (χ1n) is 6.55. The number of aromatic carboxylic acids is 1. The van der Waals surface area contributed by atoms with Gasteiger partial charge < -0.3 is 10.1 Å². The highest BCUT2D eigenvalue weighted by Crippen LogP contribution is 2.24. The molecule has 0 fully saturated rings. The molecule has 2 N–H and O–H groups in total. The summed E-state index contributed by atoms with van der Waals surface area (Å²) < 4.78 is 0. The van der Waals surface area contributed by atoms with Gasteiger partial charge in [0.15, 0.2) is 5.43 Å². The van der Waals surface area contributed by atoms with Crippen molar-refractivity contribution in [3.63, 3.8) is 0 Å². The number of aromatic nitrogens is 1. The van der Waals surface area contributed by atoms with Gasteiger partial charge in [-0.25, -0.2) is 4.79 Å². The van der Waals surface area contributed by atoms with E-state index in [9.17, 15) is 14.7 Å². The number of pyridine rings is 1. The second-order valence-electron chi connectivity index (χ2n) is 4.60. The number of hydrogen-bond donors (Lipinski definition) is 2. The first-order chi connectivity index (χ1) is 9.60.